The Morgan fingerprint density at radius 3 is 2.38 bits per heavy atom. The minimum Gasteiger partial charge on any atom is -0.495 e. The van der Waals surface area contributed by atoms with Crippen molar-refractivity contribution >= 4 is 23.2 Å². The van der Waals surface area contributed by atoms with E-state index in [-0.39, 0.29) is 18.3 Å². The first kappa shape index (κ1) is 21.4. The Labute approximate surface area is 175 Å². The largest absolute Gasteiger partial charge is 0.495 e. The number of halogens is 2. The Hall–Kier alpha value is -2.35. The van der Waals surface area contributed by atoms with E-state index < -0.39 is 0 Å². The van der Waals surface area contributed by atoms with E-state index in [4.69, 9.17) is 21.1 Å². The molecular formula is C21H25ClFN3O3. The average molecular weight is 422 g/mol. The van der Waals surface area contributed by atoms with Crippen LogP contribution in [0.5, 0.6) is 11.5 Å². The summed E-state index contributed by atoms with van der Waals surface area (Å²) in [6.07, 6.45) is 0. The van der Waals surface area contributed by atoms with Crippen LogP contribution in [0.15, 0.2) is 36.4 Å². The Morgan fingerprint density at radius 1 is 1.07 bits per heavy atom. The van der Waals surface area contributed by atoms with E-state index in [1.54, 1.807) is 18.2 Å². The van der Waals surface area contributed by atoms with Crippen molar-refractivity contribution in [3.8, 4) is 11.5 Å². The van der Waals surface area contributed by atoms with Crippen molar-refractivity contribution in [3.05, 3.63) is 52.8 Å². The monoisotopic (exact) mass is 421 g/mol. The first-order valence-electron chi connectivity index (χ1n) is 9.39. The maximum absolute atomic E-state index is 13.8. The number of piperazine rings is 1. The number of carbonyl (C=O) groups is 1. The number of carbonyl (C=O) groups excluding carboxylic acids is 1. The van der Waals surface area contributed by atoms with E-state index in [2.05, 4.69) is 15.1 Å². The predicted molar refractivity (Wildman–Crippen MR) is 111 cm³/mol. The van der Waals surface area contributed by atoms with Crippen molar-refractivity contribution in [2.75, 3.05) is 52.3 Å². The van der Waals surface area contributed by atoms with Crippen molar-refractivity contribution in [3.63, 3.8) is 0 Å². The molecule has 0 atom stereocenters. The summed E-state index contributed by atoms with van der Waals surface area (Å²) in [7, 11) is 3.04. The average Bonchev–Trinajstić information content (AvgIpc) is 2.71. The number of anilines is 1. The third-order valence-electron chi connectivity index (χ3n) is 4.93. The van der Waals surface area contributed by atoms with Crippen LogP contribution in [-0.4, -0.2) is 62.7 Å². The summed E-state index contributed by atoms with van der Waals surface area (Å²) < 4.78 is 24.3. The highest BCUT2D eigenvalue weighted by Gasteiger charge is 2.21. The number of hydrogen-bond acceptors (Lipinski definition) is 5. The minimum absolute atomic E-state index is 0.146. The third kappa shape index (κ3) is 5.59. The van der Waals surface area contributed by atoms with Gasteiger partial charge in [0.25, 0.3) is 0 Å². The van der Waals surface area contributed by atoms with Crippen molar-refractivity contribution in [2.24, 2.45) is 0 Å². The lowest BCUT2D eigenvalue weighted by Crippen LogP contribution is -2.48. The Morgan fingerprint density at radius 2 is 1.72 bits per heavy atom. The van der Waals surface area contributed by atoms with Crippen molar-refractivity contribution in [1.29, 1.82) is 0 Å². The lowest BCUT2D eigenvalue weighted by molar-refractivity contribution is -0.117. The molecule has 0 spiro atoms. The molecule has 156 valence electrons. The van der Waals surface area contributed by atoms with Gasteiger partial charge < -0.3 is 14.8 Å². The lowest BCUT2D eigenvalue weighted by Gasteiger charge is -2.34. The van der Waals surface area contributed by atoms with E-state index in [0.717, 1.165) is 26.2 Å². The second kappa shape index (κ2) is 9.91. The molecule has 8 heteroatoms. The molecule has 2 aromatic rings. The molecule has 6 nitrogen and oxygen atoms in total. The molecule has 1 aliphatic heterocycles. The highest BCUT2D eigenvalue weighted by molar-refractivity contribution is 6.32. The van der Waals surface area contributed by atoms with Crippen LogP contribution in [0.25, 0.3) is 0 Å². The number of amides is 1. The summed E-state index contributed by atoms with van der Waals surface area (Å²) in [5.41, 5.74) is 1.20. The maximum atomic E-state index is 13.8. The Balaban J connectivity index is 1.51. The van der Waals surface area contributed by atoms with Crippen molar-refractivity contribution in [1.82, 2.24) is 9.80 Å². The molecular weight excluding hydrogens is 397 g/mol. The van der Waals surface area contributed by atoms with Crippen molar-refractivity contribution in [2.45, 2.75) is 6.54 Å². The number of methoxy groups -OCH3 is 2. The molecule has 0 aliphatic carbocycles. The van der Waals surface area contributed by atoms with Crippen LogP contribution in [0, 0.1) is 5.82 Å². The summed E-state index contributed by atoms with van der Waals surface area (Å²) in [5.74, 6) is 0.635. The smallest absolute Gasteiger partial charge is 0.238 e. The quantitative estimate of drug-likeness (QED) is 0.743. The van der Waals surface area contributed by atoms with E-state index in [1.165, 1.54) is 20.3 Å². The second-order valence-electron chi connectivity index (χ2n) is 6.88. The molecule has 0 unspecified atom stereocenters. The zero-order valence-corrected chi connectivity index (χ0v) is 17.3. The number of nitrogens with zero attached hydrogens (tertiary/aromatic N) is 2. The third-order valence-corrected chi connectivity index (χ3v) is 5.23. The minimum atomic E-state index is -0.179. The number of hydrogen-bond donors (Lipinski definition) is 1. The Kier molecular flexibility index (Phi) is 7.30. The van der Waals surface area contributed by atoms with Gasteiger partial charge in [0, 0.05) is 44.4 Å². The summed E-state index contributed by atoms with van der Waals surface area (Å²) in [6.45, 7) is 3.87. The molecule has 1 N–H and O–H groups in total. The van der Waals surface area contributed by atoms with Gasteiger partial charge in [-0.15, -0.1) is 0 Å². The van der Waals surface area contributed by atoms with Gasteiger partial charge in [-0.1, -0.05) is 29.8 Å². The fourth-order valence-corrected chi connectivity index (χ4v) is 3.56. The number of nitrogens with one attached hydrogen (secondary N) is 1. The van der Waals surface area contributed by atoms with Crippen LogP contribution >= 0.6 is 11.6 Å². The van der Waals surface area contributed by atoms with E-state index in [1.807, 2.05) is 12.1 Å². The number of rotatable bonds is 7. The Bertz CT molecular complexity index is 857. The van der Waals surface area contributed by atoms with E-state index in [9.17, 15) is 9.18 Å². The van der Waals surface area contributed by atoms with Gasteiger partial charge in [0.2, 0.25) is 5.91 Å². The van der Waals surface area contributed by atoms with Gasteiger partial charge in [0.05, 0.1) is 31.5 Å². The molecule has 1 amide bonds. The van der Waals surface area contributed by atoms with Gasteiger partial charge in [-0.05, 0) is 12.1 Å². The van der Waals surface area contributed by atoms with Crippen LogP contribution in [0.1, 0.15) is 5.56 Å². The van der Waals surface area contributed by atoms with Gasteiger partial charge in [-0.2, -0.15) is 0 Å². The standard InChI is InChI=1S/C21H25ClFN3O3/c1-28-19-12-20(29-2)18(11-16(19)22)24-21(27)14-26-9-7-25(8-10-26)13-15-5-3-4-6-17(15)23/h3-6,11-12H,7-10,13-14H2,1-2H3,(H,24,27). The molecule has 0 radical (unpaired) electrons. The van der Waals surface area contributed by atoms with Crippen LogP contribution in [0.3, 0.4) is 0 Å². The van der Waals surface area contributed by atoms with Crippen molar-refractivity contribution < 1.29 is 18.7 Å². The van der Waals surface area contributed by atoms with Gasteiger partial charge in [-0.3, -0.25) is 14.6 Å². The molecule has 1 heterocycles. The van der Waals surface area contributed by atoms with Gasteiger partial charge in [-0.25, -0.2) is 4.39 Å². The molecule has 1 saturated heterocycles. The second-order valence-corrected chi connectivity index (χ2v) is 7.29. The van der Waals surface area contributed by atoms with Gasteiger partial charge in [0.1, 0.15) is 17.3 Å². The molecule has 3 rings (SSSR count). The van der Waals surface area contributed by atoms with Gasteiger partial charge in [0.15, 0.2) is 0 Å². The molecule has 1 aliphatic rings. The van der Waals surface area contributed by atoms with Crippen LogP contribution in [0.4, 0.5) is 10.1 Å². The van der Waals surface area contributed by atoms with Crippen LogP contribution in [-0.2, 0) is 11.3 Å². The lowest BCUT2D eigenvalue weighted by atomic mass is 10.2. The molecule has 2 aromatic carbocycles. The molecule has 1 fully saturated rings. The SMILES string of the molecule is COc1cc(OC)c(NC(=O)CN2CCN(Cc3ccccc3F)CC2)cc1Cl. The summed E-state index contributed by atoms with van der Waals surface area (Å²) in [5, 5.41) is 3.24. The fraction of sp³-hybridized carbons (Fsp3) is 0.381. The van der Waals surface area contributed by atoms with Crippen LogP contribution in [0.2, 0.25) is 5.02 Å². The first-order chi connectivity index (χ1) is 14.0. The normalized spacial score (nSPS) is 15.2. The first-order valence-corrected chi connectivity index (χ1v) is 9.77. The highest BCUT2D eigenvalue weighted by Crippen LogP contribution is 2.35. The number of ether oxygens (including phenoxy) is 2. The summed E-state index contributed by atoms with van der Waals surface area (Å²) in [4.78, 5) is 16.8. The predicted octanol–water partition coefficient (Wildman–Crippen LogP) is 3.25. The summed E-state index contributed by atoms with van der Waals surface area (Å²) >= 11 is 6.15. The zero-order valence-electron chi connectivity index (χ0n) is 16.6. The number of benzene rings is 2. The van der Waals surface area contributed by atoms with E-state index >= 15 is 0 Å². The molecule has 29 heavy (non-hydrogen) atoms. The molecule has 0 bridgehead atoms. The molecule has 0 aromatic heterocycles. The van der Waals surface area contributed by atoms with E-state index in [0.29, 0.717) is 34.3 Å². The van der Waals surface area contributed by atoms with Gasteiger partial charge >= 0.3 is 0 Å². The highest BCUT2D eigenvalue weighted by atomic mass is 35.5. The van der Waals surface area contributed by atoms with Crippen LogP contribution < -0.4 is 14.8 Å². The molecule has 0 saturated carbocycles. The topological polar surface area (TPSA) is 54.0 Å². The summed E-state index contributed by atoms with van der Waals surface area (Å²) in [6, 6.07) is 10.1. The zero-order chi connectivity index (χ0) is 20.8. The fourth-order valence-electron chi connectivity index (χ4n) is 3.32. The maximum Gasteiger partial charge on any atom is 0.238 e.